The summed E-state index contributed by atoms with van der Waals surface area (Å²) >= 11 is 0. The summed E-state index contributed by atoms with van der Waals surface area (Å²) in [4.78, 5) is 4.76. The van der Waals surface area contributed by atoms with Crippen molar-refractivity contribution in [3.8, 4) is 11.5 Å². The molecule has 0 amide bonds. The molecule has 0 spiro atoms. The molecule has 1 aliphatic rings. The number of aromatic nitrogens is 3. The minimum absolute atomic E-state index is 0.106. The van der Waals surface area contributed by atoms with E-state index in [1.54, 1.807) is 0 Å². The van der Waals surface area contributed by atoms with Crippen LogP contribution in [0.25, 0.3) is 11.5 Å². The summed E-state index contributed by atoms with van der Waals surface area (Å²) < 4.78 is 11.2. The molecule has 3 heterocycles. The molecule has 1 atom stereocenters. The minimum Gasteiger partial charge on any atom is -0.419 e. The second-order valence-corrected chi connectivity index (χ2v) is 6.73. The highest BCUT2D eigenvalue weighted by molar-refractivity contribution is 5.51. The maximum Gasteiger partial charge on any atom is 0.247 e. The predicted molar refractivity (Wildman–Crippen MR) is 96.2 cm³/mol. The van der Waals surface area contributed by atoms with Gasteiger partial charge in [0.1, 0.15) is 0 Å². The van der Waals surface area contributed by atoms with Gasteiger partial charge in [0.15, 0.2) is 5.76 Å². The standard InChI is InChI=1S/C19H23N5O2/c1-14-12-17(26-22-14)13-23-8-10-24(11-9-23)15(2)18-20-21-19(25-18)16-6-4-3-5-7-16/h3-7,12,15H,8-11,13H2,1-2H3. The quantitative estimate of drug-likeness (QED) is 0.698. The predicted octanol–water partition coefficient (Wildman–Crippen LogP) is 2.91. The SMILES string of the molecule is Cc1cc(CN2CCN(C(C)c3nnc(-c4ccccc4)o3)CC2)on1. The molecule has 7 nitrogen and oxygen atoms in total. The fraction of sp³-hybridized carbons (Fsp3) is 0.421. The third kappa shape index (κ3) is 3.68. The first-order chi connectivity index (χ1) is 12.7. The van der Waals surface area contributed by atoms with E-state index in [0.717, 1.165) is 49.7 Å². The highest BCUT2D eigenvalue weighted by atomic mass is 16.5. The Kier molecular flexibility index (Phi) is 4.81. The van der Waals surface area contributed by atoms with Gasteiger partial charge in [-0.15, -0.1) is 10.2 Å². The monoisotopic (exact) mass is 353 g/mol. The lowest BCUT2D eigenvalue weighted by atomic mass is 10.2. The first-order valence-electron chi connectivity index (χ1n) is 8.96. The Balaban J connectivity index is 1.35. The third-order valence-electron chi connectivity index (χ3n) is 4.83. The Morgan fingerprint density at radius 1 is 1.08 bits per heavy atom. The maximum absolute atomic E-state index is 5.91. The molecular formula is C19H23N5O2. The van der Waals surface area contributed by atoms with Crippen LogP contribution in [0.4, 0.5) is 0 Å². The Bertz CT molecular complexity index is 837. The Labute approximate surface area is 152 Å². The summed E-state index contributed by atoms with van der Waals surface area (Å²) in [6, 6.07) is 12.0. The molecule has 0 bridgehead atoms. The van der Waals surface area contributed by atoms with Gasteiger partial charge in [-0.3, -0.25) is 9.80 Å². The number of benzene rings is 1. The number of hydrogen-bond donors (Lipinski definition) is 0. The zero-order valence-corrected chi connectivity index (χ0v) is 15.1. The molecule has 1 unspecified atom stereocenters. The fourth-order valence-corrected chi connectivity index (χ4v) is 3.28. The van der Waals surface area contributed by atoms with Gasteiger partial charge in [-0.2, -0.15) is 0 Å². The van der Waals surface area contributed by atoms with Gasteiger partial charge in [0.25, 0.3) is 0 Å². The van der Waals surface area contributed by atoms with Gasteiger partial charge in [-0.25, -0.2) is 0 Å². The number of rotatable bonds is 5. The molecule has 0 radical (unpaired) electrons. The zero-order valence-electron chi connectivity index (χ0n) is 15.1. The smallest absolute Gasteiger partial charge is 0.247 e. The van der Waals surface area contributed by atoms with Crippen molar-refractivity contribution in [1.29, 1.82) is 0 Å². The zero-order chi connectivity index (χ0) is 17.9. The summed E-state index contributed by atoms with van der Waals surface area (Å²) in [6.45, 7) is 8.74. The van der Waals surface area contributed by atoms with E-state index in [-0.39, 0.29) is 6.04 Å². The van der Waals surface area contributed by atoms with E-state index in [0.29, 0.717) is 11.8 Å². The van der Waals surface area contributed by atoms with E-state index in [2.05, 4.69) is 32.1 Å². The van der Waals surface area contributed by atoms with Crippen LogP contribution in [0, 0.1) is 6.92 Å². The van der Waals surface area contributed by atoms with Crippen LogP contribution < -0.4 is 0 Å². The van der Waals surface area contributed by atoms with Crippen molar-refractivity contribution in [2.24, 2.45) is 0 Å². The van der Waals surface area contributed by atoms with Gasteiger partial charge in [-0.05, 0) is 26.0 Å². The molecule has 1 aliphatic heterocycles. The Morgan fingerprint density at radius 2 is 1.85 bits per heavy atom. The van der Waals surface area contributed by atoms with E-state index in [4.69, 9.17) is 8.94 Å². The van der Waals surface area contributed by atoms with Crippen molar-refractivity contribution < 1.29 is 8.94 Å². The molecule has 2 aromatic heterocycles. The van der Waals surface area contributed by atoms with Crippen LogP contribution in [0.5, 0.6) is 0 Å². The van der Waals surface area contributed by atoms with E-state index in [9.17, 15) is 0 Å². The molecular weight excluding hydrogens is 330 g/mol. The lowest BCUT2D eigenvalue weighted by molar-refractivity contribution is 0.0823. The van der Waals surface area contributed by atoms with E-state index in [1.807, 2.05) is 43.3 Å². The number of hydrogen-bond acceptors (Lipinski definition) is 7. The molecule has 26 heavy (non-hydrogen) atoms. The highest BCUT2D eigenvalue weighted by Crippen LogP contribution is 2.24. The van der Waals surface area contributed by atoms with Gasteiger partial charge >= 0.3 is 0 Å². The van der Waals surface area contributed by atoms with Crippen molar-refractivity contribution in [2.45, 2.75) is 26.4 Å². The highest BCUT2D eigenvalue weighted by Gasteiger charge is 2.26. The van der Waals surface area contributed by atoms with Crippen LogP contribution in [-0.4, -0.2) is 51.3 Å². The van der Waals surface area contributed by atoms with Gasteiger partial charge in [-0.1, -0.05) is 23.4 Å². The summed E-state index contributed by atoms with van der Waals surface area (Å²) in [7, 11) is 0. The fourth-order valence-electron chi connectivity index (χ4n) is 3.28. The number of piperazine rings is 1. The molecule has 3 aromatic rings. The van der Waals surface area contributed by atoms with E-state index < -0.39 is 0 Å². The van der Waals surface area contributed by atoms with Gasteiger partial charge in [0, 0.05) is 37.8 Å². The lowest BCUT2D eigenvalue weighted by Crippen LogP contribution is -2.46. The normalized spacial score (nSPS) is 17.5. The van der Waals surface area contributed by atoms with Crippen molar-refractivity contribution >= 4 is 0 Å². The van der Waals surface area contributed by atoms with Gasteiger partial charge < -0.3 is 8.94 Å². The second kappa shape index (κ2) is 7.39. The largest absolute Gasteiger partial charge is 0.419 e. The van der Waals surface area contributed by atoms with Crippen molar-refractivity contribution in [3.63, 3.8) is 0 Å². The summed E-state index contributed by atoms with van der Waals surface area (Å²) in [5.41, 5.74) is 1.88. The van der Waals surface area contributed by atoms with Crippen LogP contribution in [0.2, 0.25) is 0 Å². The molecule has 0 N–H and O–H groups in total. The summed E-state index contributed by atoms with van der Waals surface area (Å²) in [5, 5.41) is 12.4. The third-order valence-corrected chi connectivity index (χ3v) is 4.83. The minimum atomic E-state index is 0.106. The van der Waals surface area contributed by atoms with Crippen LogP contribution in [0.15, 0.2) is 45.3 Å². The first kappa shape index (κ1) is 16.9. The molecule has 1 fully saturated rings. The first-order valence-corrected chi connectivity index (χ1v) is 8.96. The van der Waals surface area contributed by atoms with E-state index in [1.165, 1.54) is 0 Å². The van der Waals surface area contributed by atoms with Gasteiger partial charge in [0.2, 0.25) is 11.8 Å². The maximum atomic E-state index is 5.91. The molecule has 1 saturated heterocycles. The van der Waals surface area contributed by atoms with Crippen molar-refractivity contribution in [1.82, 2.24) is 25.2 Å². The Morgan fingerprint density at radius 3 is 2.54 bits per heavy atom. The molecule has 0 saturated carbocycles. The number of aryl methyl sites for hydroxylation is 1. The van der Waals surface area contributed by atoms with Crippen LogP contribution in [0.3, 0.4) is 0 Å². The Hall–Kier alpha value is -2.51. The topological polar surface area (TPSA) is 71.4 Å². The summed E-state index contributed by atoms with van der Waals surface area (Å²) in [6.07, 6.45) is 0. The lowest BCUT2D eigenvalue weighted by Gasteiger charge is -2.36. The molecule has 136 valence electrons. The second-order valence-electron chi connectivity index (χ2n) is 6.73. The van der Waals surface area contributed by atoms with E-state index >= 15 is 0 Å². The van der Waals surface area contributed by atoms with Crippen LogP contribution in [0.1, 0.15) is 30.3 Å². The average molecular weight is 353 g/mol. The van der Waals surface area contributed by atoms with Crippen molar-refractivity contribution in [2.75, 3.05) is 26.2 Å². The van der Waals surface area contributed by atoms with Crippen LogP contribution in [-0.2, 0) is 6.54 Å². The van der Waals surface area contributed by atoms with Crippen molar-refractivity contribution in [3.05, 3.63) is 53.7 Å². The summed E-state index contributed by atoms with van der Waals surface area (Å²) in [5.74, 6) is 2.17. The number of nitrogens with zero attached hydrogens (tertiary/aromatic N) is 5. The average Bonchev–Trinajstić information content (AvgIpc) is 3.32. The molecule has 0 aliphatic carbocycles. The molecule has 4 rings (SSSR count). The van der Waals surface area contributed by atoms with Gasteiger partial charge in [0.05, 0.1) is 18.3 Å². The molecule has 1 aromatic carbocycles. The van der Waals surface area contributed by atoms with Crippen LogP contribution >= 0.6 is 0 Å². The molecule has 7 heteroatoms.